The summed E-state index contributed by atoms with van der Waals surface area (Å²) in [7, 11) is 1.50. The molecule has 0 bridgehead atoms. The minimum Gasteiger partial charge on any atom is -0.318 e. The van der Waals surface area contributed by atoms with Gasteiger partial charge in [0.05, 0.1) is 4.91 Å². The summed E-state index contributed by atoms with van der Waals surface area (Å²) in [6.45, 7) is 4.04. The summed E-state index contributed by atoms with van der Waals surface area (Å²) in [5.74, 6) is -0.242. The van der Waals surface area contributed by atoms with E-state index in [0.717, 1.165) is 43.8 Å². The van der Waals surface area contributed by atoms with Crippen LogP contribution in [0.3, 0.4) is 0 Å². The molecule has 0 atom stereocenters. The van der Waals surface area contributed by atoms with Crippen molar-refractivity contribution in [1.29, 1.82) is 0 Å². The van der Waals surface area contributed by atoms with Gasteiger partial charge in [-0.25, -0.2) is 0 Å². The summed E-state index contributed by atoms with van der Waals surface area (Å²) in [6, 6.07) is 10.1. The maximum absolute atomic E-state index is 12.0. The van der Waals surface area contributed by atoms with Crippen molar-refractivity contribution in [3.8, 4) is 5.69 Å². The number of aromatic nitrogens is 1. The van der Waals surface area contributed by atoms with E-state index in [4.69, 9.17) is 0 Å². The van der Waals surface area contributed by atoms with Crippen LogP contribution in [0.4, 0.5) is 4.79 Å². The lowest BCUT2D eigenvalue weighted by Crippen LogP contribution is -2.22. The molecule has 2 aromatic rings. The summed E-state index contributed by atoms with van der Waals surface area (Å²) >= 11 is 4.42. The molecule has 1 fully saturated rings. The molecule has 1 aromatic heterocycles. The predicted octanol–water partition coefficient (Wildman–Crippen LogP) is 4.52. The highest BCUT2D eigenvalue weighted by Gasteiger charge is 2.32. The van der Waals surface area contributed by atoms with Crippen molar-refractivity contribution in [2.24, 2.45) is 0 Å². The number of thioether (sulfide) groups is 1. The SMILES string of the molecule is Cc1cc(C=C2SC(=O)N(C)C2=O)c(C)n1-c1ccc(Br)cc1. The molecule has 2 heterocycles. The summed E-state index contributed by atoms with van der Waals surface area (Å²) < 4.78 is 3.16. The van der Waals surface area contributed by atoms with Crippen LogP contribution in [0.15, 0.2) is 39.7 Å². The largest absolute Gasteiger partial charge is 0.318 e. The maximum atomic E-state index is 12.0. The average Bonchev–Trinajstić information content (AvgIpc) is 2.92. The Morgan fingerprint density at radius 1 is 1.13 bits per heavy atom. The molecule has 1 aromatic carbocycles. The molecule has 0 N–H and O–H groups in total. The zero-order valence-electron chi connectivity index (χ0n) is 13.0. The van der Waals surface area contributed by atoms with Crippen LogP contribution in [0.1, 0.15) is 17.0 Å². The number of halogens is 1. The Labute approximate surface area is 147 Å². The Morgan fingerprint density at radius 3 is 2.35 bits per heavy atom. The molecule has 0 unspecified atom stereocenters. The second kappa shape index (κ2) is 6.02. The van der Waals surface area contributed by atoms with Crippen LogP contribution in [0.25, 0.3) is 11.8 Å². The number of carbonyl (C=O) groups excluding carboxylic acids is 2. The van der Waals surface area contributed by atoms with Crippen molar-refractivity contribution in [1.82, 2.24) is 9.47 Å². The second-order valence-electron chi connectivity index (χ2n) is 5.38. The summed E-state index contributed by atoms with van der Waals surface area (Å²) in [5.41, 5.74) is 4.12. The fraction of sp³-hybridized carbons (Fsp3) is 0.176. The van der Waals surface area contributed by atoms with E-state index in [1.165, 1.54) is 7.05 Å². The van der Waals surface area contributed by atoms with E-state index in [1.54, 1.807) is 6.08 Å². The average molecular weight is 391 g/mol. The highest BCUT2D eigenvalue weighted by atomic mass is 79.9. The summed E-state index contributed by atoms with van der Waals surface area (Å²) in [6.07, 6.45) is 1.80. The molecule has 0 spiro atoms. The van der Waals surface area contributed by atoms with Crippen LogP contribution < -0.4 is 0 Å². The molecule has 6 heteroatoms. The van der Waals surface area contributed by atoms with Crippen LogP contribution in [0.2, 0.25) is 0 Å². The van der Waals surface area contributed by atoms with Gasteiger partial charge < -0.3 is 4.57 Å². The zero-order chi connectivity index (χ0) is 16.7. The van der Waals surface area contributed by atoms with Crippen molar-refractivity contribution < 1.29 is 9.59 Å². The van der Waals surface area contributed by atoms with Crippen molar-refractivity contribution in [2.45, 2.75) is 13.8 Å². The van der Waals surface area contributed by atoms with Crippen LogP contribution in [0.5, 0.6) is 0 Å². The topological polar surface area (TPSA) is 42.3 Å². The Kier molecular flexibility index (Phi) is 4.21. The first-order valence-corrected chi connectivity index (χ1v) is 8.66. The van der Waals surface area contributed by atoms with Gasteiger partial charge in [-0.1, -0.05) is 15.9 Å². The molecular formula is C17H15BrN2O2S. The van der Waals surface area contributed by atoms with Gasteiger partial charge in [-0.3, -0.25) is 14.5 Å². The van der Waals surface area contributed by atoms with Crippen molar-refractivity contribution in [3.05, 3.63) is 56.7 Å². The van der Waals surface area contributed by atoms with Crippen LogP contribution in [-0.4, -0.2) is 27.7 Å². The molecule has 0 aliphatic carbocycles. The lowest BCUT2D eigenvalue weighted by atomic mass is 10.2. The van der Waals surface area contributed by atoms with Gasteiger partial charge in [0.1, 0.15) is 0 Å². The van der Waals surface area contributed by atoms with E-state index in [2.05, 4.69) is 20.5 Å². The third-order valence-corrected chi connectivity index (χ3v) is 5.32. The van der Waals surface area contributed by atoms with Crippen molar-refractivity contribution >= 4 is 44.9 Å². The van der Waals surface area contributed by atoms with E-state index in [9.17, 15) is 9.59 Å². The number of hydrogen-bond acceptors (Lipinski definition) is 3. The molecule has 1 aliphatic rings. The normalized spacial score (nSPS) is 16.7. The first-order valence-electron chi connectivity index (χ1n) is 7.05. The molecule has 1 aliphatic heterocycles. The number of hydrogen-bond donors (Lipinski definition) is 0. The first-order chi connectivity index (χ1) is 10.9. The molecule has 23 heavy (non-hydrogen) atoms. The first kappa shape index (κ1) is 16.1. The molecule has 1 saturated heterocycles. The molecule has 4 nitrogen and oxygen atoms in total. The number of rotatable bonds is 2. The van der Waals surface area contributed by atoms with Crippen LogP contribution >= 0.6 is 27.7 Å². The highest BCUT2D eigenvalue weighted by Crippen LogP contribution is 2.32. The zero-order valence-corrected chi connectivity index (χ0v) is 15.4. The smallest absolute Gasteiger partial charge is 0.293 e. The molecule has 2 amide bonds. The third kappa shape index (κ3) is 2.88. The van der Waals surface area contributed by atoms with Gasteiger partial charge in [0.25, 0.3) is 11.1 Å². The fourth-order valence-corrected chi connectivity index (χ4v) is 3.69. The van der Waals surface area contributed by atoms with Crippen LogP contribution in [-0.2, 0) is 4.79 Å². The molecular weight excluding hydrogens is 376 g/mol. The lowest BCUT2D eigenvalue weighted by Gasteiger charge is -2.09. The van der Waals surface area contributed by atoms with Gasteiger partial charge in [0.15, 0.2) is 0 Å². The number of likely N-dealkylation sites (N-methyl/N-ethyl adjacent to an activating group) is 1. The fourth-order valence-electron chi connectivity index (χ4n) is 2.61. The number of carbonyl (C=O) groups is 2. The van der Waals surface area contributed by atoms with E-state index < -0.39 is 0 Å². The van der Waals surface area contributed by atoms with Gasteiger partial charge in [-0.15, -0.1) is 0 Å². The lowest BCUT2D eigenvalue weighted by molar-refractivity contribution is -0.121. The Balaban J connectivity index is 2.03. The summed E-state index contributed by atoms with van der Waals surface area (Å²) in [4.78, 5) is 25.3. The second-order valence-corrected chi connectivity index (χ2v) is 7.29. The number of imide groups is 1. The van der Waals surface area contributed by atoms with E-state index >= 15 is 0 Å². The Bertz CT molecular complexity index is 837. The Hall–Kier alpha value is -1.79. The minimum atomic E-state index is -0.242. The monoisotopic (exact) mass is 390 g/mol. The highest BCUT2D eigenvalue weighted by molar-refractivity contribution is 9.10. The van der Waals surface area contributed by atoms with Crippen molar-refractivity contribution in [3.63, 3.8) is 0 Å². The van der Waals surface area contributed by atoms with E-state index in [-0.39, 0.29) is 11.1 Å². The standard InChI is InChI=1S/C17H15BrN2O2S/c1-10-8-12(9-15-16(21)19(3)17(22)23-15)11(2)20(10)14-6-4-13(18)5-7-14/h4-9H,1-3H3. The maximum Gasteiger partial charge on any atom is 0.293 e. The number of amides is 2. The molecule has 118 valence electrons. The number of aryl methyl sites for hydroxylation is 1. The van der Waals surface area contributed by atoms with Crippen molar-refractivity contribution in [2.75, 3.05) is 7.05 Å². The molecule has 0 saturated carbocycles. The predicted molar refractivity (Wildman–Crippen MR) is 96.7 cm³/mol. The van der Waals surface area contributed by atoms with Gasteiger partial charge >= 0.3 is 0 Å². The minimum absolute atomic E-state index is 0.233. The quantitative estimate of drug-likeness (QED) is 0.707. The number of benzene rings is 1. The van der Waals surface area contributed by atoms with E-state index in [1.807, 2.05) is 44.2 Å². The van der Waals surface area contributed by atoms with E-state index in [0.29, 0.717) is 4.91 Å². The van der Waals surface area contributed by atoms with Gasteiger partial charge in [-0.05, 0) is 67.6 Å². The molecule has 0 radical (unpaired) electrons. The Morgan fingerprint density at radius 2 is 1.78 bits per heavy atom. The number of nitrogens with zero attached hydrogens (tertiary/aromatic N) is 2. The van der Waals surface area contributed by atoms with Gasteiger partial charge in [-0.2, -0.15) is 0 Å². The van der Waals surface area contributed by atoms with Gasteiger partial charge in [0.2, 0.25) is 0 Å². The molecule has 3 rings (SSSR count). The third-order valence-electron chi connectivity index (χ3n) is 3.83. The van der Waals surface area contributed by atoms with Crippen LogP contribution in [0, 0.1) is 13.8 Å². The van der Waals surface area contributed by atoms with Gasteiger partial charge in [0, 0.05) is 28.6 Å². The summed E-state index contributed by atoms with van der Waals surface area (Å²) in [5, 5.41) is -0.233.